The Balaban J connectivity index is 1.67. The first kappa shape index (κ1) is 16.9. The molecule has 0 atom stereocenters. The van der Waals surface area contributed by atoms with Crippen molar-refractivity contribution < 1.29 is 4.79 Å². The molecule has 6 heteroatoms. The van der Waals surface area contributed by atoms with Gasteiger partial charge in [-0.25, -0.2) is 0 Å². The van der Waals surface area contributed by atoms with Crippen LogP contribution in [0.1, 0.15) is 21.6 Å². The van der Waals surface area contributed by atoms with E-state index in [1.54, 1.807) is 10.9 Å². The van der Waals surface area contributed by atoms with Crippen molar-refractivity contribution in [2.24, 2.45) is 5.73 Å². The van der Waals surface area contributed by atoms with Crippen molar-refractivity contribution in [2.75, 3.05) is 6.54 Å². The van der Waals surface area contributed by atoms with Crippen LogP contribution in [0, 0.1) is 6.92 Å². The van der Waals surface area contributed by atoms with Crippen molar-refractivity contribution in [3.05, 3.63) is 71.5 Å². The van der Waals surface area contributed by atoms with Crippen molar-refractivity contribution in [3.63, 3.8) is 0 Å². The minimum atomic E-state index is -0.246. The third kappa shape index (κ3) is 4.30. The molecule has 0 saturated carbocycles. The third-order valence-corrected chi connectivity index (χ3v) is 3.86. The second-order valence-corrected chi connectivity index (χ2v) is 5.91. The largest absolute Gasteiger partial charge is 0.347 e. The second-order valence-electron chi connectivity index (χ2n) is 5.91. The lowest BCUT2D eigenvalue weighted by Crippen LogP contribution is -2.23. The lowest BCUT2D eigenvalue weighted by atomic mass is 10.0. The van der Waals surface area contributed by atoms with E-state index < -0.39 is 0 Å². The Kier molecular flexibility index (Phi) is 5.20. The number of nitrogens with zero attached hydrogens (tertiary/aromatic N) is 3. The molecule has 1 heterocycles. The zero-order valence-electron chi connectivity index (χ0n) is 14.1. The molecule has 0 radical (unpaired) electrons. The number of amides is 1. The lowest BCUT2D eigenvalue weighted by molar-refractivity contribution is 0.0946. The van der Waals surface area contributed by atoms with Gasteiger partial charge in [-0.1, -0.05) is 53.2 Å². The van der Waals surface area contributed by atoms with Gasteiger partial charge in [-0.15, -0.1) is 5.10 Å². The fourth-order valence-electron chi connectivity index (χ4n) is 2.60. The maximum Gasteiger partial charge on any atom is 0.273 e. The summed E-state index contributed by atoms with van der Waals surface area (Å²) in [6.07, 6.45) is 1.60. The van der Waals surface area contributed by atoms with E-state index in [2.05, 4.69) is 52.9 Å². The highest BCUT2D eigenvalue weighted by atomic mass is 16.2. The SMILES string of the molecule is Cc1cccc(-c2cccc(CNC(=O)c3cn(CCN)nn3)c2)c1. The minimum Gasteiger partial charge on any atom is -0.347 e. The molecule has 1 amide bonds. The maximum absolute atomic E-state index is 12.2. The topological polar surface area (TPSA) is 85.8 Å². The average molecular weight is 335 g/mol. The summed E-state index contributed by atoms with van der Waals surface area (Å²) in [4.78, 5) is 12.2. The number of carbonyl (C=O) groups is 1. The number of benzene rings is 2. The van der Waals surface area contributed by atoms with Gasteiger partial charge in [0.2, 0.25) is 0 Å². The summed E-state index contributed by atoms with van der Waals surface area (Å²) < 4.78 is 1.56. The van der Waals surface area contributed by atoms with Gasteiger partial charge < -0.3 is 11.1 Å². The van der Waals surface area contributed by atoms with Crippen LogP contribution in [0.3, 0.4) is 0 Å². The Bertz CT molecular complexity index is 872. The first-order chi connectivity index (χ1) is 12.2. The fraction of sp³-hybridized carbons (Fsp3) is 0.211. The summed E-state index contributed by atoms with van der Waals surface area (Å²) in [5, 5.41) is 10.6. The minimum absolute atomic E-state index is 0.246. The van der Waals surface area contributed by atoms with Crippen LogP contribution in [0.5, 0.6) is 0 Å². The zero-order chi connectivity index (χ0) is 17.6. The number of nitrogens with one attached hydrogen (secondary N) is 1. The Labute approximate surface area is 146 Å². The average Bonchev–Trinajstić information content (AvgIpc) is 3.09. The molecule has 0 aliphatic carbocycles. The van der Waals surface area contributed by atoms with Gasteiger partial charge in [0, 0.05) is 13.1 Å². The van der Waals surface area contributed by atoms with E-state index in [-0.39, 0.29) is 5.91 Å². The summed E-state index contributed by atoms with van der Waals surface area (Å²) in [5.74, 6) is -0.246. The number of hydrogen-bond donors (Lipinski definition) is 2. The number of hydrogen-bond acceptors (Lipinski definition) is 4. The van der Waals surface area contributed by atoms with Crippen LogP contribution in [0.25, 0.3) is 11.1 Å². The lowest BCUT2D eigenvalue weighted by Gasteiger charge is -2.07. The highest BCUT2D eigenvalue weighted by Crippen LogP contribution is 2.21. The number of rotatable bonds is 6. The Morgan fingerprint density at radius 3 is 2.68 bits per heavy atom. The Morgan fingerprint density at radius 2 is 1.92 bits per heavy atom. The quantitative estimate of drug-likeness (QED) is 0.723. The molecule has 1 aromatic heterocycles. The molecule has 128 valence electrons. The van der Waals surface area contributed by atoms with Crippen LogP contribution in [-0.2, 0) is 13.1 Å². The molecule has 0 spiro atoms. The first-order valence-corrected chi connectivity index (χ1v) is 8.20. The Morgan fingerprint density at radius 1 is 1.16 bits per heavy atom. The first-order valence-electron chi connectivity index (χ1n) is 8.20. The van der Waals surface area contributed by atoms with E-state index in [1.165, 1.54) is 5.56 Å². The molecule has 0 saturated heterocycles. The van der Waals surface area contributed by atoms with E-state index in [4.69, 9.17) is 5.73 Å². The molecule has 0 fully saturated rings. The number of carbonyl (C=O) groups excluding carboxylic acids is 1. The molecule has 0 aliphatic heterocycles. The number of nitrogens with two attached hydrogens (primary N) is 1. The van der Waals surface area contributed by atoms with Crippen LogP contribution in [0.15, 0.2) is 54.7 Å². The van der Waals surface area contributed by atoms with E-state index in [0.717, 1.165) is 16.7 Å². The predicted molar refractivity (Wildman–Crippen MR) is 96.9 cm³/mol. The second kappa shape index (κ2) is 7.72. The molecular weight excluding hydrogens is 314 g/mol. The van der Waals surface area contributed by atoms with Crippen LogP contribution < -0.4 is 11.1 Å². The van der Waals surface area contributed by atoms with Crippen molar-refractivity contribution >= 4 is 5.91 Å². The summed E-state index contributed by atoms with van der Waals surface area (Å²) in [7, 11) is 0. The van der Waals surface area contributed by atoms with Gasteiger partial charge >= 0.3 is 0 Å². The van der Waals surface area contributed by atoms with Gasteiger partial charge in [0.15, 0.2) is 5.69 Å². The molecule has 25 heavy (non-hydrogen) atoms. The molecule has 0 aliphatic rings. The van der Waals surface area contributed by atoms with Crippen molar-refractivity contribution in [1.82, 2.24) is 20.3 Å². The highest BCUT2D eigenvalue weighted by Gasteiger charge is 2.10. The van der Waals surface area contributed by atoms with Crippen molar-refractivity contribution in [2.45, 2.75) is 20.0 Å². The van der Waals surface area contributed by atoms with Gasteiger partial charge in [0.05, 0.1) is 12.7 Å². The smallest absolute Gasteiger partial charge is 0.273 e. The van der Waals surface area contributed by atoms with Crippen molar-refractivity contribution in [3.8, 4) is 11.1 Å². The standard InChI is InChI=1S/C19H21N5O/c1-14-4-2-6-16(10-14)17-7-3-5-15(11-17)12-21-19(25)18-13-24(9-8-20)23-22-18/h2-7,10-11,13H,8-9,12,20H2,1H3,(H,21,25). The summed E-state index contributed by atoms with van der Waals surface area (Å²) in [5.41, 5.74) is 10.3. The summed E-state index contributed by atoms with van der Waals surface area (Å²) >= 11 is 0. The molecule has 6 nitrogen and oxygen atoms in total. The van der Waals surface area contributed by atoms with Crippen molar-refractivity contribution in [1.29, 1.82) is 0 Å². The molecule has 3 N–H and O–H groups in total. The third-order valence-electron chi connectivity index (χ3n) is 3.86. The molecule has 3 rings (SSSR count). The fourth-order valence-corrected chi connectivity index (χ4v) is 2.60. The highest BCUT2D eigenvalue weighted by molar-refractivity contribution is 5.91. The maximum atomic E-state index is 12.2. The van der Waals surface area contributed by atoms with Crippen LogP contribution in [-0.4, -0.2) is 27.4 Å². The predicted octanol–water partition coefficient (Wildman–Crippen LogP) is 2.14. The molecule has 3 aromatic rings. The summed E-state index contributed by atoms with van der Waals surface area (Å²) in [6.45, 7) is 3.50. The van der Waals surface area contributed by atoms with E-state index in [1.807, 2.05) is 18.2 Å². The molecule has 0 bridgehead atoms. The monoisotopic (exact) mass is 335 g/mol. The van der Waals surface area contributed by atoms with Gasteiger partial charge in [-0.3, -0.25) is 9.48 Å². The Hall–Kier alpha value is -2.99. The summed E-state index contributed by atoms with van der Waals surface area (Å²) in [6, 6.07) is 16.5. The van der Waals surface area contributed by atoms with Crippen LogP contribution in [0.2, 0.25) is 0 Å². The van der Waals surface area contributed by atoms with Crippen LogP contribution >= 0.6 is 0 Å². The zero-order valence-corrected chi connectivity index (χ0v) is 14.1. The molecular formula is C19H21N5O. The van der Waals surface area contributed by atoms with Crippen LogP contribution in [0.4, 0.5) is 0 Å². The van der Waals surface area contributed by atoms with Gasteiger partial charge in [0.1, 0.15) is 0 Å². The number of aryl methyl sites for hydroxylation is 1. The van der Waals surface area contributed by atoms with Gasteiger partial charge in [-0.2, -0.15) is 0 Å². The normalized spacial score (nSPS) is 10.6. The van der Waals surface area contributed by atoms with E-state index >= 15 is 0 Å². The van der Waals surface area contributed by atoms with Gasteiger partial charge in [0.25, 0.3) is 5.91 Å². The number of aromatic nitrogens is 3. The van der Waals surface area contributed by atoms with Gasteiger partial charge in [-0.05, 0) is 29.7 Å². The van der Waals surface area contributed by atoms with E-state index in [0.29, 0.717) is 25.3 Å². The molecule has 0 unspecified atom stereocenters. The molecule has 2 aromatic carbocycles. The van der Waals surface area contributed by atoms with E-state index in [9.17, 15) is 4.79 Å².